The number of nitrogens with one attached hydrogen (secondary N) is 1. The van der Waals surface area contributed by atoms with E-state index in [4.69, 9.17) is 21.1 Å². The van der Waals surface area contributed by atoms with E-state index in [1.807, 2.05) is 6.07 Å². The Morgan fingerprint density at radius 1 is 1.36 bits per heavy atom. The molecule has 0 radical (unpaired) electrons. The number of methoxy groups -OCH3 is 2. The van der Waals surface area contributed by atoms with Crippen LogP contribution < -0.4 is 14.8 Å². The van der Waals surface area contributed by atoms with Crippen LogP contribution in [-0.2, 0) is 13.6 Å². The minimum Gasteiger partial charge on any atom is -0.497 e. The summed E-state index contributed by atoms with van der Waals surface area (Å²) in [6.07, 6.45) is 0. The molecule has 1 heterocycles. The molecule has 2 rings (SSSR count). The minimum absolute atomic E-state index is 0.277. The highest BCUT2D eigenvalue weighted by Crippen LogP contribution is 2.24. The topological polar surface area (TPSA) is 65.4 Å². The van der Waals surface area contributed by atoms with Gasteiger partial charge in [0.15, 0.2) is 0 Å². The van der Waals surface area contributed by atoms with Crippen LogP contribution in [0.15, 0.2) is 18.2 Å². The Morgan fingerprint density at radius 2 is 2.09 bits per heavy atom. The van der Waals surface area contributed by atoms with Gasteiger partial charge < -0.3 is 14.8 Å². The Kier molecular flexibility index (Phi) is 4.92. The van der Waals surface area contributed by atoms with Crippen LogP contribution in [0.2, 0.25) is 5.15 Å². The van der Waals surface area contributed by atoms with Crippen molar-refractivity contribution in [3.8, 4) is 11.5 Å². The fraction of sp³-hybridized carbons (Fsp3) is 0.333. The van der Waals surface area contributed by atoms with Gasteiger partial charge in [0.2, 0.25) is 0 Å². The van der Waals surface area contributed by atoms with Crippen LogP contribution in [-0.4, -0.2) is 29.9 Å². The molecular weight excluding hydrogens is 306 g/mol. The second-order valence-electron chi connectivity index (χ2n) is 4.74. The third-order valence-corrected chi connectivity index (χ3v) is 3.74. The highest BCUT2D eigenvalue weighted by Gasteiger charge is 2.19. The average Bonchev–Trinajstić information content (AvgIpc) is 2.77. The molecule has 6 nitrogen and oxygen atoms in total. The average molecular weight is 324 g/mol. The summed E-state index contributed by atoms with van der Waals surface area (Å²) in [6, 6.07) is 5.41. The molecule has 1 aromatic carbocycles. The first kappa shape index (κ1) is 16.2. The molecule has 0 fully saturated rings. The van der Waals surface area contributed by atoms with Crippen LogP contribution >= 0.6 is 11.6 Å². The lowest BCUT2D eigenvalue weighted by molar-refractivity contribution is 0.0950. The van der Waals surface area contributed by atoms with E-state index < -0.39 is 0 Å². The zero-order valence-electron chi connectivity index (χ0n) is 12.9. The van der Waals surface area contributed by atoms with Crippen molar-refractivity contribution >= 4 is 17.5 Å². The summed E-state index contributed by atoms with van der Waals surface area (Å²) in [6.45, 7) is 2.04. The van der Waals surface area contributed by atoms with Crippen LogP contribution in [0.3, 0.4) is 0 Å². The molecular formula is C15H18ClN3O3. The zero-order chi connectivity index (χ0) is 16.3. The van der Waals surface area contributed by atoms with Gasteiger partial charge in [0.1, 0.15) is 16.7 Å². The number of hydrogen-bond acceptors (Lipinski definition) is 4. The molecule has 0 spiro atoms. The van der Waals surface area contributed by atoms with Crippen molar-refractivity contribution in [2.45, 2.75) is 13.5 Å². The van der Waals surface area contributed by atoms with Gasteiger partial charge in [-0.15, -0.1) is 0 Å². The highest BCUT2D eigenvalue weighted by atomic mass is 35.5. The van der Waals surface area contributed by atoms with E-state index >= 15 is 0 Å². The molecule has 0 aliphatic heterocycles. The molecule has 0 aliphatic carbocycles. The van der Waals surface area contributed by atoms with Gasteiger partial charge in [-0.3, -0.25) is 9.48 Å². The zero-order valence-corrected chi connectivity index (χ0v) is 13.7. The number of benzene rings is 1. The van der Waals surface area contributed by atoms with Gasteiger partial charge in [-0.25, -0.2) is 0 Å². The smallest absolute Gasteiger partial charge is 0.256 e. The SMILES string of the molecule is COc1ccc(OC)c(CNC(=O)c2c(C)nn(C)c2Cl)c1. The third kappa shape index (κ3) is 3.17. The van der Waals surface area contributed by atoms with Gasteiger partial charge in [0.05, 0.1) is 25.5 Å². The van der Waals surface area contributed by atoms with Crippen molar-refractivity contribution in [2.24, 2.45) is 7.05 Å². The summed E-state index contributed by atoms with van der Waals surface area (Å²) in [5.41, 5.74) is 1.78. The van der Waals surface area contributed by atoms with Gasteiger partial charge >= 0.3 is 0 Å². The lowest BCUT2D eigenvalue weighted by Gasteiger charge is -2.11. The van der Waals surface area contributed by atoms with E-state index in [0.717, 1.165) is 5.56 Å². The number of halogens is 1. The van der Waals surface area contributed by atoms with E-state index in [1.54, 1.807) is 40.3 Å². The Balaban J connectivity index is 2.17. The molecule has 1 N–H and O–H groups in total. The van der Waals surface area contributed by atoms with Crippen molar-refractivity contribution in [1.82, 2.24) is 15.1 Å². The molecule has 0 atom stereocenters. The summed E-state index contributed by atoms with van der Waals surface area (Å²) < 4.78 is 11.9. The van der Waals surface area contributed by atoms with E-state index in [-0.39, 0.29) is 5.91 Å². The number of carbonyl (C=O) groups excluding carboxylic acids is 1. The monoisotopic (exact) mass is 323 g/mol. The van der Waals surface area contributed by atoms with Crippen LogP contribution in [0.25, 0.3) is 0 Å². The first-order valence-electron chi connectivity index (χ1n) is 6.66. The fourth-order valence-corrected chi connectivity index (χ4v) is 2.43. The number of ether oxygens (including phenoxy) is 2. The molecule has 1 amide bonds. The van der Waals surface area contributed by atoms with Crippen molar-refractivity contribution in [1.29, 1.82) is 0 Å². The van der Waals surface area contributed by atoms with Crippen LogP contribution in [0, 0.1) is 6.92 Å². The molecule has 7 heteroatoms. The number of amides is 1. The first-order valence-corrected chi connectivity index (χ1v) is 7.04. The number of hydrogen-bond donors (Lipinski definition) is 1. The lowest BCUT2D eigenvalue weighted by Crippen LogP contribution is -2.23. The molecule has 0 saturated carbocycles. The van der Waals surface area contributed by atoms with E-state index in [2.05, 4.69) is 10.4 Å². The largest absolute Gasteiger partial charge is 0.497 e. The number of carbonyl (C=O) groups is 1. The number of rotatable bonds is 5. The maximum Gasteiger partial charge on any atom is 0.256 e. The van der Waals surface area contributed by atoms with Gasteiger partial charge in [-0.05, 0) is 25.1 Å². The molecule has 0 saturated heterocycles. The molecule has 118 valence electrons. The van der Waals surface area contributed by atoms with Crippen molar-refractivity contribution in [3.05, 3.63) is 40.2 Å². The predicted molar refractivity (Wildman–Crippen MR) is 83.7 cm³/mol. The predicted octanol–water partition coefficient (Wildman–Crippen LogP) is 2.33. The summed E-state index contributed by atoms with van der Waals surface area (Å²) in [7, 11) is 4.86. The number of aryl methyl sites for hydroxylation is 2. The van der Waals surface area contributed by atoms with Gasteiger partial charge in [0, 0.05) is 19.2 Å². The highest BCUT2D eigenvalue weighted by molar-refractivity contribution is 6.33. The van der Waals surface area contributed by atoms with Crippen LogP contribution in [0.4, 0.5) is 0 Å². The van der Waals surface area contributed by atoms with Crippen LogP contribution in [0.5, 0.6) is 11.5 Å². The second kappa shape index (κ2) is 6.70. The standard InChI is InChI=1S/C15H18ClN3O3/c1-9-13(14(16)19(2)18-9)15(20)17-8-10-7-11(21-3)5-6-12(10)22-4/h5-7H,8H2,1-4H3,(H,17,20). The first-order chi connectivity index (χ1) is 10.5. The van der Waals surface area contributed by atoms with Crippen LogP contribution in [0.1, 0.15) is 21.6 Å². The van der Waals surface area contributed by atoms with E-state index in [0.29, 0.717) is 34.5 Å². The molecule has 2 aromatic rings. The van der Waals surface area contributed by atoms with Crippen molar-refractivity contribution in [2.75, 3.05) is 14.2 Å². The molecule has 0 unspecified atom stereocenters. The molecule has 22 heavy (non-hydrogen) atoms. The van der Waals surface area contributed by atoms with Crippen molar-refractivity contribution in [3.63, 3.8) is 0 Å². The van der Waals surface area contributed by atoms with Gasteiger partial charge in [-0.1, -0.05) is 11.6 Å². The lowest BCUT2D eigenvalue weighted by atomic mass is 10.1. The number of aromatic nitrogens is 2. The van der Waals surface area contributed by atoms with E-state index in [1.165, 1.54) is 4.68 Å². The normalized spacial score (nSPS) is 10.4. The summed E-state index contributed by atoms with van der Waals surface area (Å²) in [4.78, 5) is 12.3. The maximum absolute atomic E-state index is 12.3. The quantitative estimate of drug-likeness (QED) is 0.917. The molecule has 1 aromatic heterocycles. The summed E-state index contributed by atoms with van der Waals surface area (Å²) in [5.74, 6) is 1.09. The van der Waals surface area contributed by atoms with Crippen molar-refractivity contribution < 1.29 is 14.3 Å². The summed E-state index contributed by atoms with van der Waals surface area (Å²) in [5, 5.41) is 7.26. The van der Waals surface area contributed by atoms with Gasteiger partial charge in [-0.2, -0.15) is 5.10 Å². The molecule has 0 aliphatic rings. The Bertz CT molecular complexity index is 698. The van der Waals surface area contributed by atoms with E-state index in [9.17, 15) is 4.79 Å². The second-order valence-corrected chi connectivity index (χ2v) is 5.09. The Morgan fingerprint density at radius 3 is 2.64 bits per heavy atom. The maximum atomic E-state index is 12.3. The minimum atomic E-state index is -0.277. The van der Waals surface area contributed by atoms with Gasteiger partial charge in [0.25, 0.3) is 5.91 Å². The fourth-order valence-electron chi connectivity index (χ4n) is 2.17. The Hall–Kier alpha value is -2.21. The Labute approximate surface area is 134 Å². The third-order valence-electron chi connectivity index (χ3n) is 3.31. The summed E-state index contributed by atoms with van der Waals surface area (Å²) >= 11 is 6.09. The molecule has 0 bridgehead atoms. The number of nitrogens with zero attached hydrogens (tertiary/aromatic N) is 2.